The van der Waals surface area contributed by atoms with E-state index < -0.39 is 12.7 Å². The van der Waals surface area contributed by atoms with Crippen molar-refractivity contribution < 1.29 is 23.8 Å². The molecule has 0 heterocycles. The van der Waals surface area contributed by atoms with E-state index in [9.17, 15) is 14.7 Å². The highest BCUT2D eigenvalue weighted by Crippen LogP contribution is 2.37. The van der Waals surface area contributed by atoms with Gasteiger partial charge in [0, 0.05) is 35.2 Å². The molecule has 0 spiro atoms. The SMILES string of the molecule is O=[N+]([O-])c1ccc(OP(=O)(O)O)cc1.[Mg]. The van der Waals surface area contributed by atoms with Crippen molar-refractivity contribution >= 4 is 36.6 Å². The Bertz CT molecular complexity index is 387. The van der Waals surface area contributed by atoms with Crippen molar-refractivity contribution in [1.82, 2.24) is 0 Å². The number of nitro groups is 1. The second-order valence-corrected chi connectivity index (χ2v) is 3.50. The molecular formula is C6H6MgNO6P. The Labute approximate surface area is 101 Å². The van der Waals surface area contributed by atoms with E-state index in [0.29, 0.717) is 0 Å². The summed E-state index contributed by atoms with van der Waals surface area (Å²) in [5.41, 5.74) is -0.178. The fourth-order valence-corrected chi connectivity index (χ4v) is 1.16. The summed E-state index contributed by atoms with van der Waals surface area (Å²) in [6.45, 7) is 0. The van der Waals surface area contributed by atoms with Crippen LogP contribution in [0, 0.1) is 10.1 Å². The molecule has 0 amide bonds. The number of nitro benzene ring substituents is 1. The number of phosphoric ester groups is 1. The van der Waals surface area contributed by atoms with Crippen molar-refractivity contribution in [2.24, 2.45) is 0 Å². The predicted octanol–water partition coefficient (Wildman–Crippen LogP) is 0.685. The van der Waals surface area contributed by atoms with Gasteiger partial charge in [-0.15, -0.1) is 0 Å². The molecule has 0 fully saturated rings. The highest BCUT2D eigenvalue weighted by molar-refractivity contribution is 7.46. The van der Waals surface area contributed by atoms with Crippen LogP contribution in [0.1, 0.15) is 0 Å². The van der Waals surface area contributed by atoms with Gasteiger partial charge in [-0.1, -0.05) is 0 Å². The molecule has 0 aromatic heterocycles. The van der Waals surface area contributed by atoms with E-state index in [-0.39, 0.29) is 34.5 Å². The van der Waals surface area contributed by atoms with Crippen LogP contribution in [0.25, 0.3) is 0 Å². The van der Waals surface area contributed by atoms with Crippen LogP contribution >= 0.6 is 7.82 Å². The van der Waals surface area contributed by atoms with E-state index in [1.807, 2.05) is 0 Å². The lowest BCUT2D eigenvalue weighted by Crippen LogP contribution is -1.91. The van der Waals surface area contributed by atoms with Crippen LogP contribution in [0.3, 0.4) is 0 Å². The molecule has 0 aliphatic rings. The minimum Gasteiger partial charge on any atom is -0.404 e. The molecule has 2 radical (unpaired) electrons. The number of rotatable bonds is 3. The summed E-state index contributed by atoms with van der Waals surface area (Å²) in [6.07, 6.45) is 0. The highest BCUT2D eigenvalue weighted by atomic mass is 31.2. The molecule has 7 nitrogen and oxygen atoms in total. The summed E-state index contributed by atoms with van der Waals surface area (Å²) in [4.78, 5) is 26.4. The highest BCUT2D eigenvalue weighted by Gasteiger charge is 2.16. The van der Waals surface area contributed by atoms with Gasteiger partial charge in [-0.05, 0) is 12.1 Å². The van der Waals surface area contributed by atoms with Crippen LogP contribution in [0.2, 0.25) is 0 Å². The van der Waals surface area contributed by atoms with Crippen LogP contribution in [0.5, 0.6) is 5.75 Å². The molecule has 9 heteroatoms. The van der Waals surface area contributed by atoms with E-state index >= 15 is 0 Å². The average Bonchev–Trinajstić information content (AvgIpc) is 2.02. The minimum absolute atomic E-state index is 0. The molecule has 2 N–H and O–H groups in total. The molecule has 15 heavy (non-hydrogen) atoms. The van der Waals surface area contributed by atoms with Crippen molar-refractivity contribution in [1.29, 1.82) is 0 Å². The van der Waals surface area contributed by atoms with Gasteiger partial charge in [0.2, 0.25) is 0 Å². The Morgan fingerprint density at radius 2 is 1.73 bits per heavy atom. The molecular weight excluding hydrogens is 237 g/mol. The predicted molar refractivity (Wildman–Crippen MR) is 51.5 cm³/mol. The fourth-order valence-electron chi connectivity index (χ4n) is 0.766. The van der Waals surface area contributed by atoms with E-state index in [2.05, 4.69) is 4.52 Å². The first-order valence-corrected chi connectivity index (χ1v) is 4.91. The molecule has 0 atom stereocenters. The third-order valence-electron chi connectivity index (χ3n) is 1.27. The molecule has 0 unspecified atom stereocenters. The number of hydrogen-bond donors (Lipinski definition) is 2. The summed E-state index contributed by atoms with van der Waals surface area (Å²) in [6, 6.07) is 4.39. The second kappa shape index (κ2) is 5.43. The van der Waals surface area contributed by atoms with E-state index in [1.54, 1.807) is 0 Å². The average molecular weight is 243 g/mol. The maximum atomic E-state index is 10.4. The van der Waals surface area contributed by atoms with Gasteiger partial charge < -0.3 is 4.52 Å². The molecule has 78 valence electrons. The standard InChI is InChI=1S/C6H6NO6P.Mg/c8-7(9)5-1-3-6(4-2-5)13-14(10,11)12;/h1-4H,(H2,10,11,12);. The lowest BCUT2D eigenvalue weighted by Gasteiger charge is -2.05. The van der Waals surface area contributed by atoms with Gasteiger partial charge in [-0.25, -0.2) is 4.57 Å². The van der Waals surface area contributed by atoms with Crippen molar-refractivity contribution in [3.63, 3.8) is 0 Å². The van der Waals surface area contributed by atoms with Gasteiger partial charge in [-0.2, -0.15) is 0 Å². The largest absolute Gasteiger partial charge is 0.524 e. The zero-order valence-corrected chi connectivity index (χ0v) is 9.75. The third-order valence-corrected chi connectivity index (χ3v) is 1.72. The Hall–Kier alpha value is -0.664. The Kier molecular flexibility index (Phi) is 5.19. The van der Waals surface area contributed by atoms with Crippen molar-refractivity contribution in [3.05, 3.63) is 34.4 Å². The van der Waals surface area contributed by atoms with Crippen LogP contribution in [-0.2, 0) is 4.57 Å². The zero-order valence-electron chi connectivity index (χ0n) is 7.44. The van der Waals surface area contributed by atoms with Crippen molar-refractivity contribution in [2.45, 2.75) is 0 Å². The number of non-ortho nitro benzene ring substituents is 1. The van der Waals surface area contributed by atoms with Crippen LogP contribution in [0.15, 0.2) is 24.3 Å². The Balaban J connectivity index is 0.00000196. The number of benzene rings is 1. The Morgan fingerprint density at radius 3 is 2.07 bits per heavy atom. The van der Waals surface area contributed by atoms with E-state index in [4.69, 9.17) is 9.79 Å². The smallest absolute Gasteiger partial charge is 0.404 e. The molecule has 0 saturated carbocycles. The normalized spacial score (nSPS) is 10.3. The fraction of sp³-hybridized carbons (Fsp3) is 0. The van der Waals surface area contributed by atoms with Gasteiger partial charge in [0.15, 0.2) is 0 Å². The molecule has 1 aromatic carbocycles. The van der Waals surface area contributed by atoms with Crippen molar-refractivity contribution in [2.75, 3.05) is 0 Å². The maximum Gasteiger partial charge on any atom is 0.524 e. The first-order valence-electron chi connectivity index (χ1n) is 3.38. The zero-order chi connectivity index (χ0) is 10.8. The summed E-state index contributed by atoms with van der Waals surface area (Å²) in [7, 11) is -4.60. The van der Waals surface area contributed by atoms with Crippen LogP contribution in [0.4, 0.5) is 5.69 Å². The van der Waals surface area contributed by atoms with Gasteiger partial charge in [-0.3, -0.25) is 19.9 Å². The molecule has 0 aliphatic carbocycles. The second-order valence-electron chi connectivity index (χ2n) is 2.33. The summed E-state index contributed by atoms with van der Waals surface area (Å²) in [5.74, 6) is -0.121. The molecule has 0 bridgehead atoms. The third kappa shape index (κ3) is 5.10. The minimum atomic E-state index is -4.60. The van der Waals surface area contributed by atoms with Gasteiger partial charge in [0.1, 0.15) is 5.75 Å². The summed E-state index contributed by atoms with van der Waals surface area (Å²) >= 11 is 0. The van der Waals surface area contributed by atoms with Gasteiger partial charge in [0.05, 0.1) is 4.92 Å². The summed E-state index contributed by atoms with van der Waals surface area (Å²) < 4.78 is 14.5. The first kappa shape index (κ1) is 14.3. The molecule has 0 aliphatic heterocycles. The van der Waals surface area contributed by atoms with Gasteiger partial charge >= 0.3 is 7.82 Å². The summed E-state index contributed by atoms with van der Waals surface area (Å²) in [5, 5.41) is 10.2. The van der Waals surface area contributed by atoms with E-state index in [1.165, 1.54) is 0 Å². The topological polar surface area (TPSA) is 110 Å². The lowest BCUT2D eigenvalue weighted by atomic mass is 10.3. The van der Waals surface area contributed by atoms with Crippen molar-refractivity contribution in [3.8, 4) is 5.75 Å². The van der Waals surface area contributed by atoms with Gasteiger partial charge in [0.25, 0.3) is 5.69 Å². The quantitative estimate of drug-likeness (QED) is 0.350. The number of nitrogens with zero attached hydrogens (tertiary/aromatic N) is 1. The number of phosphoric acid groups is 1. The molecule has 1 aromatic rings. The lowest BCUT2D eigenvalue weighted by molar-refractivity contribution is -0.384. The molecule has 1 rings (SSSR count). The van der Waals surface area contributed by atoms with Crippen LogP contribution < -0.4 is 4.52 Å². The van der Waals surface area contributed by atoms with E-state index in [0.717, 1.165) is 24.3 Å². The Morgan fingerprint density at radius 1 is 1.27 bits per heavy atom. The molecule has 0 saturated heterocycles. The first-order chi connectivity index (χ1) is 6.38. The number of hydrogen-bond acceptors (Lipinski definition) is 4. The maximum absolute atomic E-state index is 10.4. The monoisotopic (exact) mass is 243 g/mol. The van der Waals surface area contributed by atoms with Crippen LogP contribution in [-0.4, -0.2) is 37.8 Å².